The van der Waals surface area contributed by atoms with Crippen molar-refractivity contribution in [2.24, 2.45) is 5.73 Å². The summed E-state index contributed by atoms with van der Waals surface area (Å²) in [5, 5.41) is 12.2. The van der Waals surface area contributed by atoms with E-state index in [1.54, 1.807) is 0 Å². The minimum atomic E-state index is -0.376. The topological polar surface area (TPSA) is 85.3 Å². The highest BCUT2D eigenvalue weighted by molar-refractivity contribution is 9.10. The fourth-order valence-electron chi connectivity index (χ4n) is 2.86. The van der Waals surface area contributed by atoms with Crippen LogP contribution in [-0.4, -0.2) is 28.5 Å². The molecule has 1 saturated heterocycles. The second kappa shape index (κ2) is 5.23. The molecule has 0 saturated carbocycles. The quantitative estimate of drug-likeness (QED) is 0.664. The average Bonchev–Trinajstić information content (AvgIpc) is 2.77. The van der Waals surface area contributed by atoms with Crippen LogP contribution in [0.1, 0.15) is 13.3 Å². The summed E-state index contributed by atoms with van der Waals surface area (Å²) in [5.41, 5.74) is 7.46. The molecular weight excluding hydrogens is 336 g/mol. The lowest BCUT2D eigenvalue weighted by molar-refractivity contribution is -0.384. The molecule has 1 fully saturated rings. The van der Waals surface area contributed by atoms with Crippen molar-refractivity contribution in [3.63, 3.8) is 0 Å². The maximum absolute atomic E-state index is 11.4. The van der Waals surface area contributed by atoms with Crippen LogP contribution >= 0.6 is 15.9 Å². The predicted molar refractivity (Wildman–Crippen MR) is 85.5 cm³/mol. The lowest BCUT2D eigenvalue weighted by atomic mass is 10.1. The van der Waals surface area contributed by atoms with Gasteiger partial charge in [0.15, 0.2) is 0 Å². The number of nitro groups is 1. The Morgan fingerprint density at radius 1 is 1.52 bits per heavy atom. The van der Waals surface area contributed by atoms with Gasteiger partial charge in [0.2, 0.25) is 0 Å². The van der Waals surface area contributed by atoms with E-state index >= 15 is 0 Å². The first-order valence-corrected chi connectivity index (χ1v) is 7.53. The van der Waals surface area contributed by atoms with Crippen LogP contribution in [0.2, 0.25) is 0 Å². The number of halogens is 1. The highest BCUT2D eigenvalue weighted by Gasteiger charge is 2.33. The second-order valence-corrected chi connectivity index (χ2v) is 6.21. The number of rotatable bonds is 2. The summed E-state index contributed by atoms with van der Waals surface area (Å²) in [6, 6.07) is 5.70. The van der Waals surface area contributed by atoms with Gasteiger partial charge in [-0.05, 0) is 31.5 Å². The van der Waals surface area contributed by atoms with Crippen molar-refractivity contribution in [1.82, 2.24) is 4.98 Å². The van der Waals surface area contributed by atoms with Crippen molar-refractivity contribution in [3.05, 3.63) is 39.0 Å². The molecule has 2 heterocycles. The van der Waals surface area contributed by atoms with Crippen molar-refractivity contribution < 1.29 is 4.92 Å². The lowest BCUT2D eigenvalue weighted by Gasteiger charge is -2.26. The number of fused-ring (bicyclic) bond motifs is 1. The summed E-state index contributed by atoms with van der Waals surface area (Å²) in [7, 11) is 0. The number of hydrogen-bond acceptors (Lipinski definition) is 5. The van der Waals surface area contributed by atoms with Gasteiger partial charge in [0.05, 0.1) is 10.4 Å². The van der Waals surface area contributed by atoms with Crippen LogP contribution in [0.3, 0.4) is 0 Å². The zero-order chi connectivity index (χ0) is 15.1. The molecule has 0 radical (unpaired) electrons. The number of benzene rings is 1. The molecule has 0 aliphatic carbocycles. The smallest absolute Gasteiger partial charge is 0.311 e. The van der Waals surface area contributed by atoms with E-state index in [0.29, 0.717) is 5.69 Å². The van der Waals surface area contributed by atoms with Crippen molar-refractivity contribution in [1.29, 1.82) is 0 Å². The van der Waals surface area contributed by atoms with Gasteiger partial charge < -0.3 is 10.6 Å². The molecule has 2 atom stereocenters. The van der Waals surface area contributed by atoms with E-state index in [9.17, 15) is 10.1 Å². The third-order valence-electron chi connectivity index (χ3n) is 4.08. The first kappa shape index (κ1) is 14.2. The second-order valence-electron chi connectivity index (χ2n) is 5.30. The molecule has 1 aromatic heterocycles. The number of nitrogens with zero attached hydrogens (tertiary/aromatic N) is 3. The highest BCUT2D eigenvalue weighted by Crippen LogP contribution is 2.39. The van der Waals surface area contributed by atoms with Gasteiger partial charge in [-0.25, -0.2) is 4.98 Å². The Hall–Kier alpha value is -1.73. The van der Waals surface area contributed by atoms with Crippen LogP contribution in [0.4, 0.5) is 11.4 Å². The molecule has 0 amide bonds. The molecule has 3 rings (SSSR count). The molecule has 21 heavy (non-hydrogen) atoms. The summed E-state index contributed by atoms with van der Waals surface area (Å²) in [6.07, 6.45) is 2.16. The minimum Gasteiger partial charge on any atom is -0.361 e. The molecule has 1 aliphatic heterocycles. The Kier molecular flexibility index (Phi) is 3.54. The van der Waals surface area contributed by atoms with Crippen LogP contribution in [0.15, 0.2) is 28.9 Å². The molecule has 1 aromatic carbocycles. The monoisotopic (exact) mass is 350 g/mol. The maximum Gasteiger partial charge on any atom is 0.311 e. The maximum atomic E-state index is 11.4. The van der Waals surface area contributed by atoms with Gasteiger partial charge in [0, 0.05) is 28.5 Å². The molecular formula is C14H15BrN4O2. The molecule has 0 spiro atoms. The predicted octanol–water partition coefficient (Wildman–Crippen LogP) is 2.83. The zero-order valence-electron chi connectivity index (χ0n) is 11.5. The summed E-state index contributed by atoms with van der Waals surface area (Å²) in [5.74, 6) is 0. The van der Waals surface area contributed by atoms with Gasteiger partial charge in [-0.15, -0.1) is 0 Å². The van der Waals surface area contributed by atoms with Crippen LogP contribution in [0.25, 0.3) is 10.9 Å². The fourth-order valence-corrected chi connectivity index (χ4v) is 3.22. The van der Waals surface area contributed by atoms with E-state index in [4.69, 9.17) is 5.73 Å². The summed E-state index contributed by atoms with van der Waals surface area (Å²) >= 11 is 3.42. The van der Waals surface area contributed by atoms with Crippen LogP contribution < -0.4 is 10.6 Å². The summed E-state index contributed by atoms with van der Waals surface area (Å²) < 4.78 is 0.870. The van der Waals surface area contributed by atoms with Gasteiger partial charge in [-0.2, -0.15) is 0 Å². The molecule has 0 bridgehead atoms. The van der Waals surface area contributed by atoms with Gasteiger partial charge in [-0.1, -0.05) is 15.9 Å². The summed E-state index contributed by atoms with van der Waals surface area (Å²) in [4.78, 5) is 17.2. The zero-order valence-corrected chi connectivity index (χ0v) is 13.1. The molecule has 6 nitrogen and oxygen atoms in total. The van der Waals surface area contributed by atoms with Crippen molar-refractivity contribution in [2.75, 3.05) is 11.4 Å². The van der Waals surface area contributed by atoms with E-state index in [1.165, 1.54) is 6.20 Å². The highest BCUT2D eigenvalue weighted by atomic mass is 79.9. The van der Waals surface area contributed by atoms with Gasteiger partial charge in [0.25, 0.3) is 0 Å². The Labute approximate surface area is 130 Å². The standard InChI is InChI=1S/C14H15BrN4O2/c1-8-11(16)4-5-18(8)14-10-6-9(15)2-3-12(10)17-7-13(14)19(20)21/h2-3,6-8,11H,4-5,16H2,1H3. The Morgan fingerprint density at radius 3 is 2.90 bits per heavy atom. The lowest BCUT2D eigenvalue weighted by Crippen LogP contribution is -2.37. The van der Waals surface area contributed by atoms with Gasteiger partial charge in [-0.3, -0.25) is 10.1 Å². The Morgan fingerprint density at radius 2 is 2.29 bits per heavy atom. The van der Waals surface area contributed by atoms with Crippen molar-refractivity contribution in [2.45, 2.75) is 25.4 Å². The van der Waals surface area contributed by atoms with E-state index in [1.807, 2.05) is 30.0 Å². The van der Waals surface area contributed by atoms with E-state index in [0.717, 1.165) is 28.3 Å². The molecule has 7 heteroatoms. The van der Waals surface area contributed by atoms with Crippen molar-refractivity contribution in [3.8, 4) is 0 Å². The number of hydrogen-bond donors (Lipinski definition) is 1. The normalized spacial score (nSPS) is 22.0. The van der Waals surface area contributed by atoms with Crippen molar-refractivity contribution >= 4 is 38.2 Å². The van der Waals surface area contributed by atoms with Crippen LogP contribution in [-0.2, 0) is 0 Å². The molecule has 110 valence electrons. The van der Waals surface area contributed by atoms with E-state index in [-0.39, 0.29) is 22.7 Å². The molecule has 2 aromatic rings. The van der Waals surface area contributed by atoms with Crippen LogP contribution in [0.5, 0.6) is 0 Å². The Bertz CT molecular complexity index is 721. The number of nitrogens with two attached hydrogens (primary N) is 1. The molecule has 2 unspecified atom stereocenters. The van der Waals surface area contributed by atoms with Gasteiger partial charge in [0.1, 0.15) is 11.9 Å². The fraction of sp³-hybridized carbons (Fsp3) is 0.357. The summed E-state index contributed by atoms with van der Waals surface area (Å²) in [6.45, 7) is 2.72. The number of pyridine rings is 1. The van der Waals surface area contributed by atoms with E-state index < -0.39 is 0 Å². The van der Waals surface area contributed by atoms with Crippen LogP contribution in [0, 0.1) is 10.1 Å². The SMILES string of the molecule is CC1C(N)CCN1c1c([N+](=O)[O-])cnc2ccc(Br)cc12. The Balaban J connectivity index is 2.28. The third-order valence-corrected chi connectivity index (χ3v) is 4.57. The average molecular weight is 351 g/mol. The molecule has 1 aliphatic rings. The largest absolute Gasteiger partial charge is 0.361 e. The number of anilines is 1. The third kappa shape index (κ3) is 2.36. The minimum absolute atomic E-state index is 0.0278. The first-order chi connectivity index (χ1) is 9.99. The van der Waals surface area contributed by atoms with Gasteiger partial charge >= 0.3 is 5.69 Å². The first-order valence-electron chi connectivity index (χ1n) is 6.74. The molecule has 2 N–H and O–H groups in total. The number of aromatic nitrogens is 1. The van der Waals surface area contributed by atoms with E-state index in [2.05, 4.69) is 20.9 Å².